The fourth-order valence-electron chi connectivity index (χ4n) is 2.06. The van der Waals surface area contributed by atoms with Gasteiger partial charge in [-0.15, -0.1) is 0 Å². The molecule has 0 aliphatic carbocycles. The van der Waals surface area contributed by atoms with E-state index in [-0.39, 0.29) is 11.4 Å². The number of nitrogens with two attached hydrogens (primary N) is 1. The van der Waals surface area contributed by atoms with E-state index in [0.29, 0.717) is 12.2 Å². The lowest BCUT2D eigenvalue weighted by Gasteiger charge is -2.19. The molecule has 2 aromatic rings. The third-order valence-electron chi connectivity index (χ3n) is 3.14. The molecule has 2 rings (SSSR count). The summed E-state index contributed by atoms with van der Waals surface area (Å²) in [6.07, 6.45) is 1.60. The van der Waals surface area contributed by atoms with Crippen LogP contribution in [0.15, 0.2) is 34.9 Å². The molecule has 0 saturated heterocycles. The molecule has 0 bridgehead atoms. The normalized spacial score (nSPS) is 10.3. The Morgan fingerprint density at radius 2 is 2.20 bits per heavy atom. The highest BCUT2D eigenvalue weighted by atomic mass is 16.6. The molecule has 1 aromatic heterocycles. The summed E-state index contributed by atoms with van der Waals surface area (Å²) in [6, 6.07) is 6.83. The molecule has 0 atom stereocenters. The van der Waals surface area contributed by atoms with Crippen molar-refractivity contribution in [1.29, 1.82) is 0 Å². The van der Waals surface area contributed by atoms with Crippen LogP contribution in [0.3, 0.4) is 0 Å². The number of furan rings is 1. The van der Waals surface area contributed by atoms with Crippen LogP contribution in [0.1, 0.15) is 11.3 Å². The molecular formula is C13H16N4O3. The molecule has 106 valence electrons. The number of nitrogens with zero attached hydrogens (tertiary/aromatic N) is 2. The van der Waals surface area contributed by atoms with E-state index < -0.39 is 4.92 Å². The summed E-state index contributed by atoms with van der Waals surface area (Å²) in [5.74, 6) is 6.13. The molecule has 0 unspecified atom stereocenters. The predicted octanol–water partition coefficient (Wildman–Crippen LogP) is 2.42. The van der Waals surface area contributed by atoms with E-state index in [1.54, 1.807) is 36.4 Å². The zero-order chi connectivity index (χ0) is 14.7. The lowest BCUT2D eigenvalue weighted by atomic mass is 10.2. The molecule has 20 heavy (non-hydrogen) atoms. The van der Waals surface area contributed by atoms with Gasteiger partial charge in [-0.3, -0.25) is 16.0 Å². The lowest BCUT2D eigenvalue weighted by Crippen LogP contribution is -2.19. The zero-order valence-electron chi connectivity index (χ0n) is 11.3. The molecule has 7 heteroatoms. The minimum absolute atomic E-state index is 0.0429. The monoisotopic (exact) mass is 276 g/mol. The van der Waals surface area contributed by atoms with Gasteiger partial charge in [0.1, 0.15) is 17.1 Å². The molecule has 0 fully saturated rings. The quantitative estimate of drug-likeness (QED) is 0.494. The van der Waals surface area contributed by atoms with Crippen LogP contribution in [0.25, 0.3) is 0 Å². The molecular weight excluding hydrogens is 260 g/mol. The number of rotatable bonds is 5. The Kier molecular flexibility index (Phi) is 3.90. The van der Waals surface area contributed by atoms with Crippen LogP contribution in [0.4, 0.5) is 17.1 Å². The number of nitro groups is 1. The van der Waals surface area contributed by atoms with Crippen LogP contribution < -0.4 is 16.2 Å². The first-order chi connectivity index (χ1) is 9.54. The van der Waals surface area contributed by atoms with Crippen molar-refractivity contribution in [2.75, 3.05) is 17.4 Å². The molecule has 0 saturated carbocycles. The second-order valence-electron chi connectivity index (χ2n) is 4.43. The molecule has 3 N–H and O–H groups in total. The number of hydrogen-bond donors (Lipinski definition) is 2. The zero-order valence-corrected chi connectivity index (χ0v) is 11.3. The minimum atomic E-state index is -0.441. The third-order valence-corrected chi connectivity index (χ3v) is 3.14. The van der Waals surface area contributed by atoms with Gasteiger partial charge in [-0.2, -0.15) is 0 Å². The van der Waals surface area contributed by atoms with Crippen molar-refractivity contribution in [1.82, 2.24) is 0 Å². The molecule has 0 radical (unpaired) electrons. The number of anilines is 2. The van der Waals surface area contributed by atoms with Crippen molar-refractivity contribution in [2.45, 2.75) is 13.5 Å². The maximum absolute atomic E-state index is 11.2. The van der Waals surface area contributed by atoms with Crippen LogP contribution >= 0.6 is 0 Å². The Labute approximate surface area is 116 Å². The van der Waals surface area contributed by atoms with Gasteiger partial charge in [0.05, 0.1) is 11.2 Å². The predicted molar refractivity (Wildman–Crippen MR) is 76.5 cm³/mol. The van der Waals surface area contributed by atoms with Crippen molar-refractivity contribution >= 4 is 17.1 Å². The van der Waals surface area contributed by atoms with Crippen LogP contribution in [-0.2, 0) is 6.54 Å². The van der Waals surface area contributed by atoms with Crippen molar-refractivity contribution in [2.24, 2.45) is 5.84 Å². The maximum Gasteiger partial charge on any atom is 0.316 e. The van der Waals surface area contributed by atoms with Gasteiger partial charge >= 0.3 is 5.69 Å². The summed E-state index contributed by atoms with van der Waals surface area (Å²) in [5.41, 5.74) is 4.06. The van der Waals surface area contributed by atoms with E-state index in [4.69, 9.17) is 10.3 Å². The van der Waals surface area contributed by atoms with Crippen molar-refractivity contribution < 1.29 is 9.34 Å². The van der Waals surface area contributed by atoms with Gasteiger partial charge in [-0.1, -0.05) is 6.07 Å². The Balaban J connectivity index is 2.37. The van der Waals surface area contributed by atoms with Gasteiger partial charge in [0, 0.05) is 19.2 Å². The van der Waals surface area contributed by atoms with E-state index in [1.807, 2.05) is 13.0 Å². The molecule has 0 aliphatic heterocycles. The third kappa shape index (κ3) is 2.57. The number of hydrazine groups is 1. The number of nitro benzene ring substituents is 1. The van der Waals surface area contributed by atoms with Gasteiger partial charge in [-0.25, -0.2) is 0 Å². The number of nitrogens with one attached hydrogen (secondary N) is 1. The SMILES string of the molecule is Cc1occc1CN(C)c1cccc(NN)c1[N+](=O)[O-]. The molecule has 1 heterocycles. The highest BCUT2D eigenvalue weighted by molar-refractivity contribution is 5.76. The van der Waals surface area contributed by atoms with Gasteiger partial charge in [0.2, 0.25) is 0 Å². The van der Waals surface area contributed by atoms with E-state index in [9.17, 15) is 10.1 Å². The lowest BCUT2D eigenvalue weighted by molar-refractivity contribution is -0.383. The Morgan fingerprint density at radius 1 is 1.45 bits per heavy atom. The highest BCUT2D eigenvalue weighted by Gasteiger charge is 2.22. The van der Waals surface area contributed by atoms with E-state index in [0.717, 1.165) is 11.3 Å². The Morgan fingerprint density at radius 3 is 2.75 bits per heavy atom. The summed E-state index contributed by atoms with van der Waals surface area (Å²) >= 11 is 0. The number of aryl methyl sites for hydroxylation is 1. The average Bonchev–Trinajstić information content (AvgIpc) is 2.83. The number of benzene rings is 1. The van der Waals surface area contributed by atoms with Gasteiger partial charge in [0.15, 0.2) is 0 Å². The van der Waals surface area contributed by atoms with Gasteiger partial charge in [-0.05, 0) is 25.1 Å². The first kappa shape index (κ1) is 13.9. The highest BCUT2D eigenvalue weighted by Crippen LogP contribution is 2.35. The first-order valence-corrected chi connectivity index (χ1v) is 6.02. The number of hydrogen-bond acceptors (Lipinski definition) is 6. The largest absolute Gasteiger partial charge is 0.469 e. The summed E-state index contributed by atoms with van der Waals surface area (Å²) in [7, 11) is 1.79. The molecule has 7 nitrogen and oxygen atoms in total. The summed E-state index contributed by atoms with van der Waals surface area (Å²) in [5, 5.41) is 11.2. The van der Waals surface area contributed by atoms with Crippen LogP contribution in [-0.4, -0.2) is 12.0 Å². The summed E-state index contributed by atoms with van der Waals surface area (Å²) < 4.78 is 5.23. The first-order valence-electron chi connectivity index (χ1n) is 6.02. The Bertz CT molecular complexity index is 624. The second kappa shape index (κ2) is 5.62. The van der Waals surface area contributed by atoms with Crippen LogP contribution in [0.5, 0.6) is 0 Å². The van der Waals surface area contributed by atoms with Crippen molar-refractivity contribution in [3.05, 3.63) is 52.0 Å². The summed E-state index contributed by atoms with van der Waals surface area (Å²) in [4.78, 5) is 12.6. The standard InChI is InChI=1S/C13H16N4O3/c1-9-10(6-7-20-9)8-16(2)12-5-3-4-11(15-14)13(12)17(18)19/h3-7,15H,8,14H2,1-2H3. The fourth-order valence-corrected chi connectivity index (χ4v) is 2.06. The fraction of sp³-hybridized carbons (Fsp3) is 0.231. The molecule has 0 spiro atoms. The van der Waals surface area contributed by atoms with Gasteiger partial charge in [0.25, 0.3) is 0 Å². The van der Waals surface area contributed by atoms with E-state index in [1.165, 1.54) is 0 Å². The number of nitrogen functional groups attached to an aromatic ring is 1. The molecule has 0 amide bonds. The average molecular weight is 276 g/mol. The molecule has 0 aliphatic rings. The minimum Gasteiger partial charge on any atom is -0.469 e. The van der Waals surface area contributed by atoms with Crippen LogP contribution in [0, 0.1) is 17.0 Å². The summed E-state index contributed by atoms with van der Waals surface area (Å²) in [6.45, 7) is 2.37. The van der Waals surface area contributed by atoms with E-state index >= 15 is 0 Å². The molecule has 1 aromatic carbocycles. The topological polar surface area (TPSA) is 97.6 Å². The maximum atomic E-state index is 11.2. The van der Waals surface area contributed by atoms with Gasteiger partial charge < -0.3 is 14.7 Å². The van der Waals surface area contributed by atoms with Crippen molar-refractivity contribution in [3.8, 4) is 0 Å². The van der Waals surface area contributed by atoms with Crippen molar-refractivity contribution in [3.63, 3.8) is 0 Å². The number of para-hydroxylation sites is 1. The second-order valence-corrected chi connectivity index (χ2v) is 4.43. The Hall–Kier alpha value is -2.54. The smallest absolute Gasteiger partial charge is 0.316 e. The van der Waals surface area contributed by atoms with Crippen LogP contribution in [0.2, 0.25) is 0 Å². The van der Waals surface area contributed by atoms with E-state index in [2.05, 4.69) is 5.43 Å².